The summed E-state index contributed by atoms with van der Waals surface area (Å²) >= 11 is 0. The number of hydrogen-bond acceptors (Lipinski definition) is 12. The van der Waals surface area contributed by atoms with Crippen molar-refractivity contribution in [2.75, 3.05) is 37.5 Å². The molecule has 312 valence electrons. The molecule has 4 atom stereocenters. The fraction of sp³-hybridized carbons (Fsp3) is 0.318. The van der Waals surface area contributed by atoms with Gasteiger partial charge < -0.3 is 20.0 Å². The molecule has 0 spiro atoms. The Morgan fingerprint density at radius 1 is 0.738 bits per heavy atom. The van der Waals surface area contributed by atoms with E-state index in [1.54, 1.807) is 55.4 Å². The average Bonchev–Trinajstić information content (AvgIpc) is 4.14. The highest BCUT2D eigenvalue weighted by Gasteiger charge is 2.37. The molecule has 0 radical (unpaired) electrons. The van der Waals surface area contributed by atoms with Crippen LogP contribution in [0, 0.1) is 36.5 Å². The Morgan fingerprint density at radius 2 is 1.21 bits per heavy atom. The maximum atomic E-state index is 13.4. The van der Waals surface area contributed by atoms with Crippen LogP contribution in [0.3, 0.4) is 0 Å². The molecule has 0 bridgehead atoms. The molecule has 2 aliphatic rings. The number of alkyl halides is 1. The fourth-order valence-electron chi connectivity index (χ4n) is 7.80. The van der Waals surface area contributed by atoms with Crippen LogP contribution in [0.1, 0.15) is 71.0 Å². The molecule has 17 heteroatoms. The monoisotopic (exact) mass is 823 g/mol. The highest BCUT2D eigenvalue weighted by Crippen LogP contribution is 2.30. The van der Waals surface area contributed by atoms with Crippen LogP contribution < -0.4 is 10.2 Å². The van der Waals surface area contributed by atoms with E-state index in [1.165, 1.54) is 9.59 Å². The van der Waals surface area contributed by atoms with E-state index >= 15 is 0 Å². The number of hydrogen-bond donors (Lipinski definition) is 1. The summed E-state index contributed by atoms with van der Waals surface area (Å²) in [5.41, 5.74) is 5.36. The highest BCUT2D eigenvalue weighted by atomic mass is 19.1. The maximum absolute atomic E-state index is 13.4. The first kappa shape index (κ1) is 41.6. The van der Waals surface area contributed by atoms with E-state index in [2.05, 4.69) is 59.6 Å². The second kappa shape index (κ2) is 19.5. The molecule has 2 fully saturated rings. The minimum atomic E-state index is -1.00. The zero-order valence-corrected chi connectivity index (χ0v) is 34.6. The number of benzene rings is 2. The lowest BCUT2D eigenvalue weighted by molar-refractivity contribution is 0.0737. The summed E-state index contributed by atoms with van der Waals surface area (Å²) in [6, 6.07) is 22.9. The zero-order valence-electron chi connectivity index (χ0n) is 35.6. The van der Waals surface area contributed by atoms with Crippen molar-refractivity contribution in [1.29, 1.82) is 10.5 Å². The van der Waals surface area contributed by atoms with Gasteiger partial charge in [0.15, 0.2) is 0 Å². The number of likely N-dealkylation sites (N-methyl/N-ethyl adjacent to an activating group) is 1. The topological polar surface area (TPSA) is 191 Å². The summed E-state index contributed by atoms with van der Waals surface area (Å²) in [6.07, 6.45) is 11.3. The third-order valence-corrected chi connectivity index (χ3v) is 11.0. The Labute approximate surface area is 355 Å². The van der Waals surface area contributed by atoms with Crippen molar-refractivity contribution in [1.82, 2.24) is 49.8 Å². The lowest BCUT2D eigenvalue weighted by Crippen LogP contribution is -2.38. The van der Waals surface area contributed by atoms with Crippen molar-refractivity contribution in [3.8, 4) is 23.5 Å². The van der Waals surface area contributed by atoms with Crippen molar-refractivity contribution in [2.24, 2.45) is 0 Å². The van der Waals surface area contributed by atoms with Crippen molar-refractivity contribution in [3.05, 3.63) is 131 Å². The lowest BCUT2D eigenvalue weighted by atomic mass is 10.1. The van der Waals surface area contributed by atoms with Crippen LogP contribution in [0.5, 0.6) is 0 Å². The first-order valence-electron chi connectivity index (χ1n) is 20.3. The first-order valence-corrected chi connectivity index (χ1v) is 19.6. The SMILES string of the molecule is Cc1c(C#N)ccnc1N(C)[C@@H]1C[C@@H](C)N(C(=O)c2ccccc2-n2nccn2)C1.Cc1c(C#N)ccnc1N[C@@H]1C[C@@H](C)N(C(=O)c2ccccc2-n2nccn2)C1.[2H]CF. The van der Waals surface area contributed by atoms with Gasteiger partial charge in [0.25, 0.3) is 11.8 Å². The molecule has 61 heavy (non-hydrogen) atoms. The summed E-state index contributed by atoms with van der Waals surface area (Å²) in [5.74, 6) is 1.38. The molecule has 2 saturated heterocycles. The Hall–Kier alpha value is -7.53. The number of amides is 2. The van der Waals surface area contributed by atoms with Crippen LogP contribution >= 0.6 is 0 Å². The van der Waals surface area contributed by atoms with Crippen LogP contribution in [0.4, 0.5) is 16.0 Å². The van der Waals surface area contributed by atoms with Crippen molar-refractivity contribution in [2.45, 2.75) is 64.7 Å². The fourth-order valence-corrected chi connectivity index (χ4v) is 7.80. The van der Waals surface area contributed by atoms with Crippen LogP contribution in [0.25, 0.3) is 11.4 Å². The van der Waals surface area contributed by atoms with Gasteiger partial charge in [-0.1, -0.05) is 24.3 Å². The number of nitrogens with one attached hydrogen (secondary N) is 1. The van der Waals surface area contributed by atoms with Crippen LogP contribution in [-0.4, -0.2) is 113 Å². The number of anilines is 2. The van der Waals surface area contributed by atoms with Gasteiger partial charge in [-0.2, -0.15) is 40.5 Å². The molecular formula is C44H47FN14O2. The second-order valence-corrected chi connectivity index (χ2v) is 14.7. The minimum absolute atomic E-state index is 0.0400. The number of pyridine rings is 2. The Kier molecular flexibility index (Phi) is 13.3. The van der Waals surface area contributed by atoms with Crippen molar-refractivity contribution < 1.29 is 15.4 Å². The van der Waals surface area contributed by atoms with Crippen molar-refractivity contribution in [3.63, 3.8) is 0 Å². The summed E-state index contributed by atoms with van der Waals surface area (Å²) in [7, 11) is 0.976. The third-order valence-electron chi connectivity index (χ3n) is 11.0. The summed E-state index contributed by atoms with van der Waals surface area (Å²) in [5, 5.41) is 38.6. The van der Waals surface area contributed by atoms with Crippen molar-refractivity contribution >= 4 is 23.5 Å². The summed E-state index contributed by atoms with van der Waals surface area (Å²) in [4.78, 5) is 44.4. The second-order valence-electron chi connectivity index (χ2n) is 14.7. The molecule has 0 unspecified atom stereocenters. The lowest BCUT2D eigenvalue weighted by Gasteiger charge is -2.27. The first-order chi connectivity index (χ1) is 30.0. The summed E-state index contributed by atoms with van der Waals surface area (Å²) < 4.78 is 15.5. The molecule has 6 heterocycles. The van der Waals surface area contributed by atoms with Gasteiger partial charge >= 0.3 is 0 Å². The molecular weight excluding hydrogens is 776 g/mol. The van der Waals surface area contributed by atoms with Gasteiger partial charge in [-0.25, -0.2) is 9.97 Å². The number of rotatable bonds is 8. The molecule has 4 aromatic heterocycles. The predicted octanol–water partition coefficient (Wildman–Crippen LogP) is 5.73. The average molecular weight is 824 g/mol. The van der Waals surface area contributed by atoms with E-state index in [-0.39, 0.29) is 36.0 Å². The molecule has 2 aliphatic heterocycles. The molecule has 0 aliphatic carbocycles. The smallest absolute Gasteiger partial charge is 0.256 e. The van der Waals surface area contributed by atoms with E-state index < -0.39 is 7.15 Å². The molecule has 8 rings (SSSR count). The van der Waals surface area contributed by atoms with Gasteiger partial charge in [-0.05, 0) is 76.9 Å². The number of likely N-dealkylation sites (tertiary alicyclic amines) is 2. The largest absolute Gasteiger partial charge is 0.365 e. The maximum Gasteiger partial charge on any atom is 0.256 e. The van der Waals surface area contributed by atoms with Gasteiger partial charge in [0, 0.05) is 67.8 Å². The van der Waals surface area contributed by atoms with Crippen LogP contribution in [-0.2, 0) is 0 Å². The number of nitriles is 2. The normalized spacial score (nSPS) is 18.1. The van der Waals surface area contributed by atoms with E-state index in [9.17, 15) is 24.5 Å². The molecule has 2 aromatic carbocycles. The number of aromatic nitrogens is 8. The molecule has 1 N–H and O–H groups in total. The number of halogens is 1. The predicted molar refractivity (Wildman–Crippen MR) is 227 cm³/mol. The van der Waals surface area contributed by atoms with Gasteiger partial charge in [0.2, 0.25) is 0 Å². The van der Waals surface area contributed by atoms with E-state index in [0.717, 1.165) is 29.8 Å². The Balaban J connectivity index is 0.000000195. The van der Waals surface area contributed by atoms with Gasteiger partial charge in [-0.3, -0.25) is 14.0 Å². The highest BCUT2D eigenvalue weighted by molar-refractivity contribution is 5.98. The number of nitrogens with zero attached hydrogens (tertiary/aromatic N) is 13. The zero-order chi connectivity index (χ0) is 44.3. The summed E-state index contributed by atoms with van der Waals surface area (Å²) in [6.45, 7) is 9.02. The molecule has 6 aromatic rings. The van der Waals surface area contributed by atoms with E-state index in [1.807, 2.05) is 80.1 Å². The number of carbonyl (C=O) groups is 2. The standard InChI is InChI=1S/C22H23N7O.C21H21N7O.CH3F/c1-15-12-18(27(3)21-16(2)17(13-23)8-9-24-21)14-28(15)22(30)19-6-4-5-7-20(19)29-25-10-11-26-29;1-14-11-17(26-20-15(2)16(12-22)7-8-23-20)13-27(14)21(29)18-5-3-4-6-19(18)28-24-9-10-25-28;1-2/h4-11,15,18H,12,14H2,1-3H3;3-10,14,17H,11,13H2,1-2H3,(H,23,26);1H3/t15-,18-;14-,17-;/m11./s1/i;;1D. The molecule has 0 saturated carbocycles. The van der Waals surface area contributed by atoms with Crippen LogP contribution in [0.2, 0.25) is 0 Å². The Morgan fingerprint density at radius 3 is 1.75 bits per heavy atom. The molecule has 2 amide bonds. The number of carbonyl (C=O) groups excluding carboxylic acids is 2. The van der Waals surface area contributed by atoms with Crippen LogP contribution in [0.15, 0.2) is 97.8 Å². The van der Waals surface area contributed by atoms with E-state index in [0.29, 0.717) is 52.5 Å². The van der Waals surface area contributed by atoms with Gasteiger partial charge in [0.05, 0.1) is 79.1 Å². The van der Waals surface area contributed by atoms with Gasteiger partial charge in [-0.15, -0.1) is 0 Å². The molecule has 16 nitrogen and oxygen atoms in total. The number of para-hydroxylation sites is 2. The van der Waals surface area contributed by atoms with E-state index in [4.69, 9.17) is 1.37 Å². The van der Waals surface area contributed by atoms with Gasteiger partial charge in [0.1, 0.15) is 11.6 Å². The Bertz CT molecular complexity index is 2560. The quantitative estimate of drug-likeness (QED) is 0.197. The minimum Gasteiger partial charge on any atom is -0.365 e. The third kappa shape index (κ3) is 9.21.